The van der Waals surface area contributed by atoms with E-state index in [1.54, 1.807) is 0 Å². The zero-order valence-corrected chi connectivity index (χ0v) is 26.3. The molecule has 0 saturated carbocycles. The summed E-state index contributed by atoms with van der Waals surface area (Å²) in [7, 11) is 0. The van der Waals surface area contributed by atoms with Gasteiger partial charge in [-0.1, -0.05) is 145 Å². The van der Waals surface area contributed by atoms with Gasteiger partial charge >= 0.3 is 0 Å². The van der Waals surface area contributed by atoms with Crippen molar-refractivity contribution in [3.8, 4) is 51.0 Å². The molecule has 10 aromatic rings. The van der Waals surface area contributed by atoms with Crippen molar-refractivity contribution in [1.29, 1.82) is 0 Å². The van der Waals surface area contributed by atoms with E-state index in [4.69, 9.17) is 27.6 Å². The Labute approximate surface area is 297 Å². The Morgan fingerprint density at radius 1 is 0.440 bits per heavy atom. The average molecular weight is 648 g/mol. The number of aromatic nitrogens is 4. The second-order valence-electron chi connectivity index (χ2n) is 11.9. The molecule has 0 aliphatic heterocycles. The average Bonchev–Trinajstić information content (AvgIpc) is 3.82. The Morgan fingerprint density at radius 3 is 1.68 bits per heavy atom. The van der Waals surface area contributed by atoms with E-state index in [-0.39, 0.29) is 45.6 Å². The van der Waals surface area contributed by atoms with Crippen LogP contribution in [0.3, 0.4) is 0 Å². The molecule has 5 nitrogen and oxygen atoms in total. The Kier molecular flexibility index (Phi) is 4.99. The van der Waals surface area contributed by atoms with Crippen LogP contribution >= 0.6 is 0 Å². The quantitative estimate of drug-likeness (QED) is 0.186. The van der Waals surface area contributed by atoms with E-state index in [0.717, 1.165) is 32.9 Å². The van der Waals surface area contributed by atoms with Gasteiger partial charge in [-0.15, -0.1) is 0 Å². The third-order valence-corrected chi connectivity index (χ3v) is 8.99. The number of nitrogens with zero attached hydrogens (tertiary/aromatic N) is 4. The Bertz CT molecular complexity index is 3160. The van der Waals surface area contributed by atoms with Crippen LogP contribution in [0.4, 0.5) is 0 Å². The van der Waals surface area contributed by atoms with E-state index < -0.39 is 24.2 Å². The van der Waals surface area contributed by atoms with E-state index >= 15 is 0 Å². The van der Waals surface area contributed by atoms with Gasteiger partial charge in [0.05, 0.1) is 26.3 Å². The molecule has 0 N–H and O–H groups in total. The molecule has 0 saturated heterocycles. The van der Waals surface area contributed by atoms with Gasteiger partial charge < -0.3 is 8.98 Å². The fraction of sp³-hybridized carbons (Fsp3) is 0. The number of para-hydroxylation sites is 5. The lowest BCUT2D eigenvalue weighted by Crippen LogP contribution is -2.05. The van der Waals surface area contributed by atoms with Gasteiger partial charge in [-0.2, -0.15) is 0 Å². The third kappa shape index (κ3) is 4.45. The summed E-state index contributed by atoms with van der Waals surface area (Å²) < 4.78 is 70.3. The van der Waals surface area contributed by atoms with E-state index in [1.165, 1.54) is 0 Å². The second kappa shape index (κ2) is 11.4. The van der Waals surface area contributed by atoms with Gasteiger partial charge in [-0.25, -0.2) is 15.0 Å². The fourth-order valence-electron chi connectivity index (χ4n) is 6.78. The molecule has 0 bridgehead atoms. The minimum Gasteiger partial charge on any atom is -0.455 e. The van der Waals surface area contributed by atoms with E-state index in [9.17, 15) is 1.37 Å². The van der Waals surface area contributed by atoms with Crippen molar-refractivity contribution in [3.63, 3.8) is 0 Å². The Hall–Kier alpha value is -6.85. The summed E-state index contributed by atoms with van der Waals surface area (Å²) >= 11 is 0. The molecule has 50 heavy (non-hydrogen) atoms. The summed E-state index contributed by atoms with van der Waals surface area (Å²) in [6.07, 6.45) is 0. The lowest BCUT2D eigenvalue weighted by Gasteiger charge is -2.19. The fourth-order valence-corrected chi connectivity index (χ4v) is 6.78. The predicted octanol–water partition coefficient (Wildman–Crippen LogP) is 11.5. The van der Waals surface area contributed by atoms with Crippen LogP contribution in [0.15, 0.2) is 174 Å². The first-order valence-corrected chi connectivity index (χ1v) is 16.1. The largest absolute Gasteiger partial charge is 0.455 e. The molecule has 0 fully saturated rings. The van der Waals surface area contributed by atoms with Crippen LogP contribution in [0.5, 0.6) is 0 Å². The maximum atomic E-state index is 9.45. The van der Waals surface area contributed by atoms with Crippen molar-refractivity contribution in [2.24, 2.45) is 0 Å². The number of benzene rings is 7. The number of hydrogen-bond donors (Lipinski definition) is 0. The zero-order chi connectivity index (χ0) is 39.1. The van der Waals surface area contributed by atoms with Crippen LogP contribution in [0.25, 0.3) is 94.7 Å². The molecule has 0 spiro atoms. The molecular weight excluding hydrogens is 613 g/mol. The normalized spacial score (nSPS) is 13.6. The van der Waals surface area contributed by atoms with Crippen molar-refractivity contribution in [2.45, 2.75) is 0 Å². The molecule has 0 aliphatic rings. The van der Waals surface area contributed by atoms with Gasteiger partial charge in [0.1, 0.15) is 11.2 Å². The van der Waals surface area contributed by atoms with Crippen molar-refractivity contribution in [1.82, 2.24) is 19.5 Å². The maximum Gasteiger partial charge on any atom is 0.166 e. The van der Waals surface area contributed by atoms with Crippen LogP contribution < -0.4 is 0 Å². The molecule has 0 unspecified atom stereocenters. The van der Waals surface area contributed by atoms with Gasteiger partial charge in [-0.05, 0) is 24.2 Å². The Morgan fingerprint density at radius 2 is 1.00 bits per heavy atom. The number of rotatable bonds is 5. The molecule has 5 heteroatoms. The first-order chi connectivity index (χ1) is 27.7. The minimum absolute atomic E-state index is 0.00719. The molecule has 3 heterocycles. The molecule has 0 atom stereocenters. The molecule has 7 aromatic carbocycles. The number of furan rings is 1. The zero-order valence-electron chi connectivity index (χ0n) is 33.3. The van der Waals surface area contributed by atoms with Crippen LogP contribution in [0.1, 0.15) is 9.60 Å². The van der Waals surface area contributed by atoms with Gasteiger partial charge in [0.25, 0.3) is 0 Å². The summed E-state index contributed by atoms with van der Waals surface area (Å²) in [6.45, 7) is 0. The van der Waals surface area contributed by atoms with Crippen molar-refractivity contribution >= 4 is 43.7 Å². The van der Waals surface area contributed by atoms with Gasteiger partial charge in [-0.3, -0.25) is 0 Å². The Balaban J connectivity index is 1.40. The summed E-state index contributed by atoms with van der Waals surface area (Å²) in [5, 5.41) is 1.98. The molecule has 0 amide bonds. The van der Waals surface area contributed by atoms with E-state index in [1.807, 2.05) is 127 Å². The van der Waals surface area contributed by atoms with Crippen LogP contribution in [-0.2, 0) is 0 Å². The highest BCUT2D eigenvalue weighted by atomic mass is 16.3. The monoisotopic (exact) mass is 647 g/mol. The lowest BCUT2D eigenvalue weighted by molar-refractivity contribution is 0.670. The summed E-state index contributed by atoms with van der Waals surface area (Å²) in [4.78, 5) is 15.1. The first kappa shape index (κ1) is 21.9. The summed E-state index contributed by atoms with van der Waals surface area (Å²) in [6, 6.07) is 38.0. The first-order valence-electron chi connectivity index (χ1n) is 19.6. The molecule has 3 aromatic heterocycles. The van der Waals surface area contributed by atoms with Crippen molar-refractivity contribution in [3.05, 3.63) is 170 Å². The van der Waals surface area contributed by atoms with Crippen LogP contribution in [0, 0.1) is 0 Å². The van der Waals surface area contributed by atoms with E-state index in [2.05, 4.69) is 4.57 Å². The SMILES string of the molecule is [2H]c1c([2H])c([2H])c2c(oc3c(-c4cccc(-c5nc(-c6ccccc6)nc(-c6ccccc6)n5)c4-n4c5ccccc5c5ccccc54)c([2H])c([2H])c([2H])c32)c1[2H]. The van der Waals surface area contributed by atoms with E-state index in [0.29, 0.717) is 34.3 Å². The third-order valence-electron chi connectivity index (χ3n) is 8.99. The standard InChI is InChI=1S/C45H28N4O/c1-3-15-29(16-4-1)43-46-44(30-17-5-2-6-18-30)48-45(47-43)37-25-13-22-34(36-24-14-23-35-33-21-9-12-28-40(33)50-42(35)36)41(37)49-38-26-10-7-19-31(38)32-20-8-11-27-39(32)49/h1-28H/i9D,12D,14D,21D,23D,24D,28D. The van der Waals surface area contributed by atoms with Gasteiger partial charge in [0, 0.05) is 49.4 Å². The summed E-state index contributed by atoms with van der Waals surface area (Å²) in [5.41, 5.74) is 4.86. The molecular formula is C45H28N4O. The second-order valence-corrected chi connectivity index (χ2v) is 11.9. The van der Waals surface area contributed by atoms with Crippen molar-refractivity contribution in [2.75, 3.05) is 0 Å². The molecule has 10 rings (SSSR count). The van der Waals surface area contributed by atoms with Gasteiger partial charge in [0.2, 0.25) is 0 Å². The number of fused-ring (bicyclic) bond motifs is 6. The minimum atomic E-state index is -0.483. The lowest BCUT2D eigenvalue weighted by atomic mass is 9.97. The molecule has 0 aliphatic carbocycles. The molecule has 0 radical (unpaired) electrons. The highest BCUT2D eigenvalue weighted by Crippen LogP contribution is 2.44. The van der Waals surface area contributed by atoms with Gasteiger partial charge in [0.15, 0.2) is 17.5 Å². The summed E-state index contributed by atoms with van der Waals surface area (Å²) in [5.74, 6) is 1.25. The number of hydrogen-bond acceptors (Lipinski definition) is 4. The predicted molar refractivity (Wildman–Crippen MR) is 203 cm³/mol. The van der Waals surface area contributed by atoms with Crippen LogP contribution in [-0.4, -0.2) is 19.5 Å². The highest BCUT2D eigenvalue weighted by molar-refractivity contribution is 6.13. The highest BCUT2D eigenvalue weighted by Gasteiger charge is 2.24. The molecule has 234 valence electrons. The topological polar surface area (TPSA) is 56.7 Å². The van der Waals surface area contributed by atoms with Crippen molar-refractivity contribution < 1.29 is 14.0 Å². The van der Waals surface area contributed by atoms with Crippen LogP contribution in [0.2, 0.25) is 0 Å². The smallest absolute Gasteiger partial charge is 0.166 e. The maximum absolute atomic E-state index is 9.45.